The minimum atomic E-state index is -0.813. The number of aliphatic hydroxyl groups excluding tert-OH is 1. The summed E-state index contributed by atoms with van der Waals surface area (Å²) in [5.74, 6) is -0.404. The summed E-state index contributed by atoms with van der Waals surface area (Å²) in [7, 11) is 1.51. The van der Waals surface area contributed by atoms with Crippen LogP contribution in [0.25, 0.3) is 0 Å². The number of rotatable bonds is 4. The fourth-order valence-corrected chi connectivity index (χ4v) is 1.54. The third kappa shape index (κ3) is 2.94. The van der Waals surface area contributed by atoms with Gasteiger partial charge in [0.05, 0.1) is 11.7 Å². The molecule has 90 valence electrons. The predicted molar refractivity (Wildman–Crippen MR) is 62.2 cm³/mol. The third-order valence-corrected chi connectivity index (χ3v) is 3.14. The minimum Gasteiger partial charge on any atom is -0.390 e. The van der Waals surface area contributed by atoms with Crippen LogP contribution in [0.5, 0.6) is 0 Å². The van der Waals surface area contributed by atoms with Gasteiger partial charge in [-0.15, -0.1) is 0 Å². The first-order valence-electron chi connectivity index (χ1n) is 5.04. The number of benzene rings is 1. The lowest BCUT2D eigenvalue weighted by Crippen LogP contribution is -2.39. The third-order valence-electron chi connectivity index (χ3n) is 2.79. The van der Waals surface area contributed by atoms with Crippen LogP contribution in [0.3, 0.4) is 0 Å². The second-order valence-electron chi connectivity index (χ2n) is 4.23. The highest BCUT2D eigenvalue weighted by Crippen LogP contribution is 2.24. The van der Waals surface area contributed by atoms with Gasteiger partial charge >= 0.3 is 0 Å². The Morgan fingerprint density at radius 2 is 2.12 bits per heavy atom. The van der Waals surface area contributed by atoms with Crippen molar-refractivity contribution in [2.45, 2.75) is 32.0 Å². The van der Waals surface area contributed by atoms with E-state index in [0.29, 0.717) is 10.6 Å². The molecule has 1 unspecified atom stereocenters. The number of hydrogen-bond acceptors (Lipinski definition) is 2. The molecule has 1 rings (SSSR count). The Balaban J connectivity index is 2.89. The molecule has 0 heterocycles. The zero-order valence-corrected chi connectivity index (χ0v) is 10.4. The highest BCUT2D eigenvalue weighted by Gasteiger charge is 2.28. The van der Waals surface area contributed by atoms with Crippen LogP contribution in [0.2, 0.25) is 5.02 Å². The van der Waals surface area contributed by atoms with Gasteiger partial charge in [0.25, 0.3) is 0 Å². The maximum atomic E-state index is 13.5. The van der Waals surface area contributed by atoms with E-state index in [9.17, 15) is 9.50 Å². The van der Waals surface area contributed by atoms with Crippen molar-refractivity contribution in [1.82, 2.24) is 0 Å². The average Bonchev–Trinajstić information content (AvgIpc) is 2.23. The van der Waals surface area contributed by atoms with Crippen molar-refractivity contribution in [3.8, 4) is 0 Å². The Labute approximate surface area is 100.0 Å². The minimum absolute atomic E-state index is 0.131. The van der Waals surface area contributed by atoms with Crippen LogP contribution >= 0.6 is 11.6 Å². The molecular formula is C12H16ClFO2. The maximum absolute atomic E-state index is 13.5. The molecule has 0 aliphatic heterocycles. The van der Waals surface area contributed by atoms with E-state index in [1.54, 1.807) is 19.9 Å². The van der Waals surface area contributed by atoms with E-state index in [4.69, 9.17) is 16.3 Å². The number of halogens is 2. The van der Waals surface area contributed by atoms with E-state index < -0.39 is 17.5 Å². The van der Waals surface area contributed by atoms with Gasteiger partial charge in [-0.25, -0.2) is 4.39 Å². The fraction of sp³-hybridized carbons (Fsp3) is 0.500. The molecule has 0 saturated carbocycles. The quantitative estimate of drug-likeness (QED) is 0.885. The van der Waals surface area contributed by atoms with Gasteiger partial charge in [-0.1, -0.05) is 17.7 Å². The number of methoxy groups -OCH3 is 1. The smallest absolute Gasteiger partial charge is 0.127 e. The van der Waals surface area contributed by atoms with Gasteiger partial charge in [0.2, 0.25) is 0 Å². The van der Waals surface area contributed by atoms with E-state index in [-0.39, 0.29) is 6.42 Å². The lowest BCUT2D eigenvalue weighted by Gasteiger charge is -2.29. The van der Waals surface area contributed by atoms with Gasteiger partial charge in [0, 0.05) is 24.1 Å². The van der Waals surface area contributed by atoms with Crippen molar-refractivity contribution < 1.29 is 14.2 Å². The lowest BCUT2D eigenvalue weighted by molar-refractivity contribution is -0.0767. The van der Waals surface area contributed by atoms with E-state index >= 15 is 0 Å². The molecule has 1 aromatic carbocycles. The van der Waals surface area contributed by atoms with Crippen LogP contribution in [-0.2, 0) is 11.2 Å². The summed E-state index contributed by atoms with van der Waals surface area (Å²) in [5, 5.41) is 10.3. The van der Waals surface area contributed by atoms with E-state index in [0.717, 1.165) is 0 Å². The van der Waals surface area contributed by atoms with E-state index in [2.05, 4.69) is 0 Å². The molecule has 2 nitrogen and oxygen atoms in total. The van der Waals surface area contributed by atoms with Gasteiger partial charge in [-0.2, -0.15) is 0 Å². The van der Waals surface area contributed by atoms with Crippen LogP contribution < -0.4 is 0 Å². The summed E-state index contributed by atoms with van der Waals surface area (Å²) in [6.07, 6.45) is -0.682. The Hall–Kier alpha value is -0.640. The molecule has 0 radical (unpaired) electrons. The van der Waals surface area contributed by atoms with Gasteiger partial charge in [0.1, 0.15) is 5.82 Å². The first-order valence-corrected chi connectivity index (χ1v) is 5.42. The molecule has 0 bridgehead atoms. The highest BCUT2D eigenvalue weighted by molar-refractivity contribution is 6.31. The van der Waals surface area contributed by atoms with Crippen LogP contribution in [0.1, 0.15) is 19.4 Å². The van der Waals surface area contributed by atoms with Crippen LogP contribution in [-0.4, -0.2) is 23.9 Å². The molecule has 16 heavy (non-hydrogen) atoms. The van der Waals surface area contributed by atoms with Crippen molar-refractivity contribution in [2.75, 3.05) is 7.11 Å². The second-order valence-corrected chi connectivity index (χ2v) is 4.63. The zero-order chi connectivity index (χ0) is 12.3. The molecular weight excluding hydrogens is 231 g/mol. The highest BCUT2D eigenvalue weighted by atomic mass is 35.5. The first-order chi connectivity index (χ1) is 7.38. The number of ether oxygens (including phenoxy) is 1. The standard InChI is InChI=1S/C12H16ClFO2/c1-12(2,16-3)11(15)7-8-9(13)5-4-6-10(8)14/h4-6,11,15H,7H2,1-3H3. The summed E-state index contributed by atoms with van der Waals surface area (Å²) in [4.78, 5) is 0. The summed E-state index contributed by atoms with van der Waals surface area (Å²) in [6, 6.07) is 4.47. The number of hydrogen-bond donors (Lipinski definition) is 1. The largest absolute Gasteiger partial charge is 0.390 e. The summed E-state index contributed by atoms with van der Waals surface area (Å²) < 4.78 is 18.6. The average molecular weight is 247 g/mol. The van der Waals surface area contributed by atoms with Crippen molar-refractivity contribution >= 4 is 11.6 Å². The monoisotopic (exact) mass is 246 g/mol. The van der Waals surface area contributed by atoms with Crippen molar-refractivity contribution in [1.29, 1.82) is 0 Å². The Kier molecular flexibility index (Phi) is 4.30. The molecule has 0 saturated heterocycles. The Bertz CT molecular complexity index is 346. The molecule has 0 aliphatic rings. The summed E-state index contributed by atoms with van der Waals surface area (Å²) >= 11 is 5.87. The van der Waals surface area contributed by atoms with Crippen molar-refractivity contribution in [3.63, 3.8) is 0 Å². The lowest BCUT2D eigenvalue weighted by atomic mass is 9.95. The number of aliphatic hydroxyl groups is 1. The summed E-state index contributed by atoms with van der Waals surface area (Å²) in [6.45, 7) is 3.48. The first kappa shape index (κ1) is 13.4. The molecule has 0 fully saturated rings. The Morgan fingerprint density at radius 3 is 2.62 bits per heavy atom. The maximum Gasteiger partial charge on any atom is 0.127 e. The van der Waals surface area contributed by atoms with Crippen molar-refractivity contribution in [2.24, 2.45) is 0 Å². The van der Waals surface area contributed by atoms with Gasteiger partial charge in [0.15, 0.2) is 0 Å². The van der Waals surface area contributed by atoms with E-state index in [1.165, 1.54) is 19.2 Å². The molecule has 1 aromatic rings. The zero-order valence-electron chi connectivity index (χ0n) is 9.63. The molecule has 1 atom stereocenters. The fourth-order valence-electron chi connectivity index (χ4n) is 1.30. The molecule has 0 spiro atoms. The molecule has 0 aliphatic carbocycles. The molecule has 0 aromatic heterocycles. The van der Waals surface area contributed by atoms with Crippen LogP contribution in [0.15, 0.2) is 18.2 Å². The second kappa shape index (κ2) is 5.13. The summed E-state index contributed by atoms with van der Waals surface area (Å²) in [5.41, 5.74) is -0.409. The SMILES string of the molecule is COC(C)(C)C(O)Cc1c(F)cccc1Cl. The Morgan fingerprint density at radius 1 is 1.50 bits per heavy atom. The van der Waals surface area contributed by atoms with Gasteiger partial charge in [-0.3, -0.25) is 0 Å². The van der Waals surface area contributed by atoms with Crippen LogP contribution in [0.4, 0.5) is 4.39 Å². The van der Waals surface area contributed by atoms with E-state index in [1.807, 2.05) is 0 Å². The predicted octanol–water partition coefficient (Wildman–Crippen LogP) is 2.81. The molecule has 4 heteroatoms. The molecule has 0 amide bonds. The van der Waals surface area contributed by atoms with Gasteiger partial charge in [-0.05, 0) is 26.0 Å². The van der Waals surface area contributed by atoms with Gasteiger partial charge < -0.3 is 9.84 Å². The van der Waals surface area contributed by atoms with Crippen LogP contribution in [0, 0.1) is 5.82 Å². The normalized spacial score (nSPS) is 13.9. The van der Waals surface area contributed by atoms with Crippen molar-refractivity contribution in [3.05, 3.63) is 34.6 Å². The topological polar surface area (TPSA) is 29.5 Å². The molecule has 1 N–H and O–H groups in total.